The molecule has 5 aliphatic rings. The number of benzene rings is 1. The second-order valence-electron chi connectivity index (χ2n) is 13.5. The van der Waals surface area contributed by atoms with Crippen molar-refractivity contribution in [2.45, 2.75) is 68.9 Å². The number of methoxy groups -OCH3 is 1. The van der Waals surface area contributed by atoms with E-state index in [1.165, 1.54) is 0 Å². The minimum atomic E-state index is -0.528. The number of piperidine rings is 1. The van der Waals surface area contributed by atoms with Gasteiger partial charge in [0.2, 0.25) is 0 Å². The van der Waals surface area contributed by atoms with Gasteiger partial charge in [-0.2, -0.15) is 9.97 Å². The summed E-state index contributed by atoms with van der Waals surface area (Å²) in [6, 6.07) is 3.75. The summed E-state index contributed by atoms with van der Waals surface area (Å²) in [5.74, 6) is 1.38. The molecule has 1 N–H and O–H groups in total. The third-order valence-electron chi connectivity index (χ3n) is 10.6. The largest absolute Gasteiger partial charge is 0.467 e. The van der Waals surface area contributed by atoms with Crippen LogP contribution in [0.4, 0.5) is 10.2 Å². The van der Waals surface area contributed by atoms with Crippen molar-refractivity contribution in [3.8, 4) is 23.0 Å². The number of aliphatic hydroxyl groups excluding tert-OH is 1. The van der Waals surface area contributed by atoms with E-state index in [2.05, 4.69) is 9.80 Å². The topological polar surface area (TPSA) is 93.1 Å². The Morgan fingerprint density at radius 2 is 1.91 bits per heavy atom. The van der Waals surface area contributed by atoms with Crippen molar-refractivity contribution >= 4 is 28.3 Å². The van der Waals surface area contributed by atoms with Gasteiger partial charge in [-0.25, -0.2) is 4.39 Å². The third kappa shape index (κ3) is 4.98. The zero-order valence-electron chi connectivity index (χ0n) is 25.1. The highest BCUT2D eigenvalue weighted by atomic mass is 35.5. The first-order valence-electron chi connectivity index (χ1n) is 16.0. The summed E-state index contributed by atoms with van der Waals surface area (Å²) in [5.41, 5.74) is 1.87. The van der Waals surface area contributed by atoms with Crippen LogP contribution in [0.2, 0.25) is 5.02 Å². The lowest BCUT2D eigenvalue weighted by molar-refractivity contribution is 0.0511. The first-order chi connectivity index (χ1) is 21.4. The average Bonchev–Trinajstić information content (AvgIpc) is 3.56. The van der Waals surface area contributed by atoms with E-state index in [4.69, 9.17) is 40.8 Å². The van der Waals surface area contributed by atoms with Gasteiger partial charge in [0.05, 0.1) is 17.0 Å². The molecule has 2 aromatic heterocycles. The second-order valence-corrected chi connectivity index (χ2v) is 13.9. The molecule has 11 heteroatoms. The van der Waals surface area contributed by atoms with Crippen LogP contribution in [0.15, 0.2) is 18.3 Å². The molecule has 2 saturated carbocycles. The Hall–Kier alpha value is -2.79. The molecule has 1 aromatic carbocycles. The molecule has 2 bridgehead atoms. The molecular weight excluding hydrogens is 585 g/mol. The van der Waals surface area contributed by atoms with Crippen LogP contribution in [-0.4, -0.2) is 83.3 Å². The van der Waals surface area contributed by atoms with Crippen molar-refractivity contribution in [1.82, 2.24) is 19.9 Å². The lowest BCUT2D eigenvalue weighted by Crippen LogP contribution is -2.43. The van der Waals surface area contributed by atoms with Crippen LogP contribution < -0.4 is 14.4 Å². The summed E-state index contributed by atoms with van der Waals surface area (Å²) in [6.07, 6.45) is 9.65. The van der Waals surface area contributed by atoms with E-state index >= 15 is 4.39 Å². The quantitative estimate of drug-likeness (QED) is 0.308. The predicted molar refractivity (Wildman–Crippen MR) is 165 cm³/mol. The zero-order valence-corrected chi connectivity index (χ0v) is 25.9. The molecular formula is C33H39ClFN5O4. The fourth-order valence-electron chi connectivity index (χ4n) is 8.36. The van der Waals surface area contributed by atoms with Gasteiger partial charge in [-0.1, -0.05) is 11.6 Å². The molecule has 0 radical (unpaired) electrons. The third-order valence-corrected chi connectivity index (χ3v) is 10.9. The van der Waals surface area contributed by atoms with E-state index in [0.717, 1.165) is 76.6 Å². The van der Waals surface area contributed by atoms with Gasteiger partial charge in [0.25, 0.3) is 0 Å². The minimum absolute atomic E-state index is 0.00727. The highest BCUT2D eigenvalue weighted by Gasteiger charge is 2.45. The van der Waals surface area contributed by atoms with Crippen LogP contribution in [0.3, 0.4) is 0 Å². The van der Waals surface area contributed by atoms with Gasteiger partial charge in [0, 0.05) is 42.9 Å². The Balaban J connectivity index is 1.23. The maximum absolute atomic E-state index is 16.9. The molecule has 3 saturated heterocycles. The van der Waals surface area contributed by atoms with Gasteiger partial charge in [-0.05, 0) is 94.0 Å². The zero-order chi connectivity index (χ0) is 30.0. The second kappa shape index (κ2) is 11.2. The van der Waals surface area contributed by atoms with E-state index < -0.39 is 5.82 Å². The highest BCUT2D eigenvalue weighted by molar-refractivity contribution is 6.32. The van der Waals surface area contributed by atoms with Crippen LogP contribution in [0.25, 0.3) is 22.2 Å². The molecule has 8 rings (SSSR count). The van der Waals surface area contributed by atoms with Crippen molar-refractivity contribution in [3.05, 3.63) is 34.7 Å². The minimum Gasteiger partial charge on any atom is -0.467 e. The fourth-order valence-corrected chi connectivity index (χ4v) is 8.73. The molecule has 2 aliphatic carbocycles. The number of aromatic nitrogens is 3. The van der Waals surface area contributed by atoms with Crippen molar-refractivity contribution in [2.75, 3.05) is 51.6 Å². The SMILES string of the molecule is COCOc1cc(Cl)c(C2CC2)c(-c2ncc3c(N4CC5CC(O)C(C5)C4)nc(OCC45CCCN4CCC5)nc3c2F)c1. The smallest absolute Gasteiger partial charge is 0.319 e. The number of aliphatic hydroxyl groups is 1. The standard InChI is InChI=1S/C33H39ClFN5O4/c1-42-18-44-22-12-23(27(20-4-5-20)25(34)13-22)29-28(35)30-24(14-36-29)31(39-15-19-10-21(16-39)26(41)11-19)38-32(37-30)43-17-33-6-2-8-40(33)9-3-7-33/h12-14,19-21,26,41H,2-11,15-18H2,1H3. The number of hydrogen-bond donors (Lipinski definition) is 1. The number of nitrogens with zero attached hydrogens (tertiary/aromatic N) is 5. The predicted octanol–water partition coefficient (Wildman–Crippen LogP) is 5.56. The molecule has 3 atom stereocenters. The van der Waals surface area contributed by atoms with Gasteiger partial charge in [-0.3, -0.25) is 9.88 Å². The molecule has 0 spiro atoms. The number of hydrogen-bond acceptors (Lipinski definition) is 9. The molecule has 9 nitrogen and oxygen atoms in total. The van der Waals surface area contributed by atoms with E-state index in [1.54, 1.807) is 25.4 Å². The molecule has 234 valence electrons. The Morgan fingerprint density at radius 1 is 1.09 bits per heavy atom. The van der Waals surface area contributed by atoms with E-state index in [1.807, 2.05) is 0 Å². The van der Waals surface area contributed by atoms with Crippen molar-refractivity contribution in [2.24, 2.45) is 11.8 Å². The summed E-state index contributed by atoms with van der Waals surface area (Å²) in [4.78, 5) is 19.0. The molecule has 3 unspecified atom stereocenters. The maximum atomic E-state index is 16.9. The normalized spacial score (nSPS) is 26.0. The van der Waals surface area contributed by atoms with E-state index in [0.29, 0.717) is 46.6 Å². The average molecular weight is 624 g/mol. The van der Waals surface area contributed by atoms with Crippen molar-refractivity contribution in [3.63, 3.8) is 0 Å². The number of pyridine rings is 1. The van der Waals surface area contributed by atoms with Gasteiger partial charge >= 0.3 is 6.01 Å². The Bertz CT molecular complexity index is 1580. The van der Waals surface area contributed by atoms with Gasteiger partial charge in [0.1, 0.15) is 29.4 Å². The van der Waals surface area contributed by atoms with Gasteiger partial charge in [-0.15, -0.1) is 0 Å². The number of anilines is 1. The van der Waals surface area contributed by atoms with Gasteiger partial charge in [0.15, 0.2) is 12.6 Å². The van der Waals surface area contributed by atoms with Crippen molar-refractivity contribution < 1.29 is 23.7 Å². The Labute approximate surface area is 261 Å². The number of ether oxygens (including phenoxy) is 3. The van der Waals surface area contributed by atoms with Crippen LogP contribution in [0.1, 0.15) is 62.8 Å². The monoisotopic (exact) mass is 623 g/mol. The van der Waals surface area contributed by atoms with Crippen LogP contribution in [0, 0.1) is 17.7 Å². The summed E-state index contributed by atoms with van der Waals surface area (Å²) >= 11 is 6.77. The van der Waals surface area contributed by atoms with Crippen LogP contribution in [-0.2, 0) is 4.74 Å². The van der Waals surface area contributed by atoms with E-state index in [9.17, 15) is 5.11 Å². The molecule has 44 heavy (non-hydrogen) atoms. The molecule has 3 aromatic rings. The lowest BCUT2D eigenvalue weighted by atomic mass is 9.95. The molecule has 5 fully saturated rings. The van der Waals surface area contributed by atoms with Crippen molar-refractivity contribution in [1.29, 1.82) is 0 Å². The lowest BCUT2D eigenvalue weighted by Gasteiger charge is -2.34. The molecule has 5 heterocycles. The fraction of sp³-hybridized carbons (Fsp3) is 0.606. The van der Waals surface area contributed by atoms with Gasteiger partial charge < -0.3 is 24.2 Å². The van der Waals surface area contributed by atoms with E-state index in [-0.39, 0.29) is 47.5 Å². The maximum Gasteiger partial charge on any atom is 0.319 e. The number of halogens is 2. The summed E-state index contributed by atoms with van der Waals surface area (Å²) in [5, 5.41) is 11.7. The molecule has 0 amide bonds. The Kier molecular flexibility index (Phi) is 7.31. The Morgan fingerprint density at radius 3 is 2.66 bits per heavy atom. The number of fused-ring (bicyclic) bond motifs is 4. The first kappa shape index (κ1) is 28.7. The first-order valence-corrected chi connectivity index (χ1v) is 16.4. The summed E-state index contributed by atoms with van der Waals surface area (Å²) in [7, 11) is 1.55. The summed E-state index contributed by atoms with van der Waals surface area (Å²) < 4.78 is 34.1. The molecule has 3 aliphatic heterocycles. The summed E-state index contributed by atoms with van der Waals surface area (Å²) in [6.45, 7) is 4.13. The van der Waals surface area contributed by atoms with Crippen LogP contribution in [0.5, 0.6) is 11.8 Å². The number of rotatable bonds is 9. The van der Waals surface area contributed by atoms with Crippen LogP contribution >= 0.6 is 11.6 Å². The highest BCUT2D eigenvalue weighted by Crippen LogP contribution is 2.50.